The lowest BCUT2D eigenvalue weighted by molar-refractivity contribution is -0.126. The number of carbonyl (C=O) groups is 1. The highest BCUT2D eigenvalue weighted by molar-refractivity contribution is 7.21. The highest BCUT2D eigenvalue weighted by Gasteiger charge is 2.22. The van der Waals surface area contributed by atoms with Gasteiger partial charge in [0.05, 0.1) is 13.2 Å². The van der Waals surface area contributed by atoms with Crippen molar-refractivity contribution in [3.63, 3.8) is 0 Å². The van der Waals surface area contributed by atoms with Crippen LogP contribution in [0.2, 0.25) is 0 Å². The van der Waals surface area contributed by atoms with Gasteiger partial charge in [0.2, 0.25) is 5.91 Å². The smallest absolute Gasteiger partial charge is 0.246 e. The number of rotatable bonds is 9. The van der Waals surface area contributed by atoms with Gasteiger partial charge in [0.15, 0.2) is 5.13 Å². The minimum absolute atomic E-state index is 0.0905. The molecule has 11 heteroatoms. The number of nitrogens with one attached hydrogen (secondary N) is 2. The third-order valence-electron chi connectivity index (χ3n) is 6.69. The van der Waals surface area contributed by atoms with Gasteiger partial charge < -0.3 is 25.2 Å². The van der Waals surface area contributed by atoms with E-state index >= 15 is 0 Å². The summed E-state index contributed by atoms with van der Waals surface area (Å²) >= 11 is 1.52. The quantitative estimate of drug-likeness (QED) is 0.400. The first-order valence-electron chi connectivity index (χ1n) is 13.2. The summed E-state index contributed by atoms with van der Waals surface area (Å²) in [7, 11) is 3.99. The molecule has 0 spiro atoms. The Morgan fingerprint density at radius 3 is 2.71 bits per heavy atom. The number of piperidine rings is 1. The third kappa shape index (κ3) is 7.25. The largest absolute Gasteiger partial charge is 0.379 e. The van der Waals surface area contributed by atoms with E-state index < -0.39 is 0 Å². The molecule has 3 aromatic heterocycles. The van der Waals surface area contributed by atoms with Crippen LogP contribution in [-0.2, 0) is 16.1 Å². The van der Waals surface area contributed by atoms with E-state index in [0.717, 1.165) is 92.4 Å². The maximum atomic E-state index is 12.5. The fourth-order valence-corrected chi connectivity index (χ4v) is 5.50. The summed E-state index contributed by atoms with van der Waals surface area (Å²) in [4.78, 5) is 33.7. The van der Waals surface area contributed by atoms with Crippen LogP contribution in [0.15, 0.2) is 42.6 Å². The highest BCUT2D eigenvalue weighted by Crippen LogP contribution is 2.28. The first-order valence-corrected chi connectivity index (χ1v) is 14.0. The van der Waals surface area contributed by atoms with Crippen molar-refractivity contribution in [3.8, 4) is 0 Å². The van der Waals surface area contributed by atoms with Crippen LogP contribution in [0.3, 0.4) is 0 Å². The number of thiazole rings is 1. The first-order chi connectivity index (χ1) is 18.5. The van der Waals surface area contributed by atoms with Crippen LogP contribution >= 0.6 is 11.3 Å². The number of carbonyl (C=O) groups excluding carboxylic acids is 1. The minimum Gasteiger partial charge on any atom is -0.379 e. The van der Waals surface area contributed by atoms with E-state index in [9.17, 15) is 4.79 Å². The molecule has 0 aromatic carbocycles. The molecule has 38 heavy (non-hydrogen) atoms. The third-order valence-corrected chi connectivity index (χ3v) is 7.58. The normalized spacial score (nSPS) is 17.5. The molecule has 5 heterocycles. The fourth-order valence-electron chi connectivity index (χ4n) is 4.69. The van der Waals surface area contributed by atoms with Gasteiger partial charge in [-0.15, -0.1) is 0 Å². The van der Waals surface area contributed by atoms with E-state index in [1.54, 1.807) is 12.3 Å². The van der Waals surface area contributed by atoms with E-state index in [-0.39, 0.29) is 11.9 Å². The number of fused-ring (bicyclic) bond motifs is 1. The van der Waals surface area contributed by atoms with Crippen LogP contribution in [0.25, 0.3) is 10.3 Å². The molecule has 202 valence electrons. The number of hydrogen-bond donors (Lipinski definition) is 2. The predicted molar refractivity (Wildman–Crippen MR) is 152 cm³/mol. The van der Waals surface area contributed by atoms with Gasteiger partial charge >= 0.3 is 0 Å². The molecule has 10 nitrogen and oxygen atoms in total. The van der Waals surface area contributed by atoms with Crippen LogP contribution in [0.4, 0.5) is 16.8 Å². The molecular weight excluding hydrogens is 500 g/mol. The summed E-state index contributed by atoms with van der Waals surface area (Å²) in [6.07, 6.45) is 7.17. The number of nitrogens with zero attached hydrogens (tertiary/aromatic N) is 6. The van der Waals surface area contributed by atoms with Gasteiger partial charge in [-0.1, -0.05) is 17.4 Å². The number of ether oxygens (including phenoxy) is 1. The van der Waals surface area contributed by atoms with Crippen molar-refractivity contribution in [1.82, 2.24) is 29.7 Å². The summed E-state index contributed by atoms with van der Waals surface area (Å²) in [5.41, 5.74) is 2.06. The Hall–Kier alpha value is -3.12. The average Bonchev–Trinajstić information content (AvgIpc) is 3.31. The molecule has 3 aromatic rings. The van der Waals surface area contributed by atoms with Gasteiger partial charge in [0.1, 0.15) is 22.0 Å². The van der Waals surface area contributed by atoms with E-state index in [0.29, 0.717) is 0 Å². The lowest BCUT2D eigenvalue weighted by atomic mass is 10.0. The molecule has 0 saturated carbocycles. The predicted octanol–water partition coefficient (Wildman–Crippen LogP) is 3.18. The molecule has 2 aliphatic heterocycles. The van der Waals surface area contributed by atoms with Gasteiger partial charge in [-0.3, -0.25) is 9.69 Å². The zero-order valence-electron chi connectivity index (χ0n) is 22.1. The van der Waals surface area contributed by atoms with Gasteiger partial charge in [0, 0.05) is 57.6 Å². The molecule has 0 radical (unpaired) electrons. The summed E-state index contributed by atoms with van der Waals surface area (Å²) < 4.78 is 5.52. The van der Waals surface area contributed by atoms with Crippen molar-refractivity contribution in [2.45, 2.75) is 25.4 Å². The Morgan fingerprint density at radius 1 is 1.16 bits per heavy atom. The second kappa shape index (κ2) is 12.6. The SMILES string of the molecule is CN(C)CC=CC(=O)N1CCC(Nc2cc(CN3CCOCC3)cc(Nc3nc4cccnc4s3)n2)CC1. The zero-order valence-corrected chi connectivity index (χ0v) is 22.9. The molecule has 0 aliphatic carbocycles. The lowest BCUT2D eigenvalue weighted by Crippen LogP contribution is -2.42. The Bertz CT molecular complexity index is 1220. The second-order valence-corrected chi connectivity index (χ2v) is 11.0. The van der Waals surface area contributed by atoms with Crippen LogP contribution in [0.1, 0.15) is 18.4 Å². The van der Waals surface area contributed by atoms with Crippen molar-refractivity contribution in [2.24, 2.45) is 0 Å². The molecule has 0 atom stereocenters. The molecular formula is C27H36N8O2S. The van der Waals surface area contributed by atoms with E-state index in [2.05, 4.69) is 37.6 Å². The topological polar surface area (TPSA) is 98.8 Å². The second-order valence-electron chi connectivity index (χ2n) is 10.0. The molecule has 5 rings (SSSR count). The maximum Gasteiger partial charge on any atom is 0.246 e. The Kier molecular flexibility index (Phi) is 8.79. The van der Waals surface area contributed by atoms with Crippen molar-refractivity contribution < 1.29 is 9.53 Å². The van der Waals surface area contributed by atoms with Crippen molar-refractivity contribution in [1.29, 1.82) is 0 Å². The van der Waals surface area contributed by atoms with Crippen LogP contribution in [0.5, 0.6) is 0 Å². The Balaban J connectivity index is 1.26. The Morgan fingerprint density at radius 2 is 1.95 bits per heavy atom. The number of likely N-dealkylation sites (tertiary alicyclic amines) is 1. The molecule has 1 amide bonds. The van der Waals surface area contributed by atoms with Gasteiger partial charge in [-0.25, -0.2) is 15.0 Å². The van der Waals surface area contributed by atoms with E-state index in [1.165, 1.54) is 16.9 Å². The zero-order chi connectivity index (χ0) is 26.3. The summed E-state index contributed by atoms with van der Waals surface area (Å²) in [6.45, 7) is 6.45. The monoisotopic (exact) mass is 536 g/mol. The van der Waals surface area contributed by atoms with Crippen molar-refractivity contribution in [3.05, 3.63) is 48.2 Å². The molecule has 2 saturated heterocycles. The summed E-state index contributed by atoms with van der Waals surface area (Å²) in [5, 5.41) is 7.82. The summed E-state index contributed by atoms with van der Waals surface area (Å²) in [6, 6.07) is 8.36. The standard InChI is InChI=1S/C27H36N8O2S/c1-33(2)10-4-6-25(36)35-11-7-21(8-12-35)29-23-17-20(19-34-13-15-37-16-14-34)18-24(31-23)32-27-30-22-5-3-9-28-26(22)38-27/h3-6,9,17-18,21H,7-8,10-16,19H2,1-2H3,(H2,29,30,31,32). The summed E-state index contributed by atoms with van der Waals surface area (Å²) in [5.74, 6) is 1.69. The Labute approximate surface area is 227 Å². The number of aromatic nitrogens is 3. The minimum atomic E-state index is 0.0905. The molecule has 2 N–H and O–H groups in total. The molecule has 0 unspecified atom stereocenters. The number of amides is 1. The van der Waals surface area contributed by atoms with Gasteiger partial charge in [-0.2, -0.15) is 0 Å². The maximum absolute atomic E-state index is 12.5. The number of likely N-dealkylation sites (N-methyl/N-ethyl adjacent to an activating group) is 1. The lowest BCUT2D eigenvalue weighted by Gasteiger charge is -2.32. The van der Waals surface area contributed by atoms with Crippen LogP contribution < -0.4 is 10.6 Å². The van der Waals surface area contributed by atoms with Crippen molar-refractivity contribution >= 4 is 44.4 Å². The molecule has 2 aliphatic rings. The highest BCUT2D eigenvalue weighted by atomic mass is 32.1. The average molecular weight is 537 g/mol. The number of anilines is 3. The first kappa shape index (κ1) is 26.5. The van der Waals surface area contributed by atoms with E-state index in [4.69, 9.17) is 9.72 Å². The number of morpholine rings is 1. The number of hydrogen-bond acceptors (Lipinski definition) is 10. The molecule has 2 fully saturated rings. The van der Waals surface area contributed by atoms with Crippen molar-refractivity contribution in [2.75, 3.05) is 70.7 Å². The molecule has 0 bridgehead atoms. The van der Waals surface area contributed by atoms with Crippen LogP contribution in [0, 0.1) is 0 Å². The van der Waals surface area contributed by atoms with Crippen LogP contribution in [-0.4, -0.2) is 102 Å². The number of pyridine rings is 2. The van der Waals surface area contributed by atoms with E-state index in [1.807, 2.05) is 42.1 Å². The van der Waals surface area contributed by atoms with Gasteiger partial charge in [0.25, 0.3) is 0 Å². The van der Waals surface area contributed by atoms with Gasteiger partial charge in [-0.05, 0) is 56.8 Å². The fraction of sp³-hybridized carbons (Fsp3) is 0.481.